The molecule has 0 saturated carbocycles. The number of piperidine rings is 1. The van der Waals surface area contributed by atoms with Crippen molar-refractivity contribution in [3.8, 4) is 0 Å². The molecule has 2 fully saturated rings. The van der Waals surface area contributed by atoms with E-state index in [0.29, 0.717) is 19.0 Å². The second-order valence-corrected chi connectivity index (χ2v) is 7.26. The Morgan fingerprint density at radius 1 is 1.18 bits per heavy atom. The molecule has 5 nitrogen and oxygen atoms in total. The normalized spacial score (nSPS) is 29.0. The molecule has 2 saturated heterocycles. The Hall–Kier alpha value is -0.170. The van der Waals surface area contributed by atoms with Crippen molar-refractivity contribution in [3.63, 3.8) is 0 Å². The number of nitrogens with zero attached hydrogens (tertiary/aromatic N) is 2. The van der Waals surface area contributed by atoms with Gasteiger partial charge >= 0.3 is 0 Å². The van der Waals surface area contributed by atoms with Gasteiger partial charge in [0.25, 0.3) is 0 Å². The monoisotopic (exact) mass is 261 g/mol. The first-order chi connectivity index (χ1) is 8.08. The minimum atomic E-state index is -3.02. The predicted molar refractivity (Wildman–Crippen MR) is 68.5 cm³/mol. The molecule has 2 aliphatic heterocycles. The third kappa shape index (κ3) is 3.64. The van der Waals surface area contributed by atoms with Crippen molar-refractivity contribution in [1.82, 2.24) is 14.5 Å². The molecule has 1 N–H and O–H groups in total. The Balaban J connectivity index is 1.92. The lowest BCUT2D eigenvalue weighted by atomic mass is 9.97. The molecule has 0 aromatic carbocycles. The molecule has 0 bridgehead atoms. The van der Waals surface area contributed by atoms with Gasteiger partial charge in [-0.1, -0.05) is 0 Å². The molecule has 6 heteroatoms. The quantitative estimate of drug-likeness (QED) is 0.732. The fourth-order valence-electron chi connectivity index (χ4n) is 2.54. The van der Waals surface area contributed by atoms with Crippen molar-refractivity contribution in [2.45, 2.75) is 12.8 Å². The fraction of sp³-hybridized carbons (Fsp3) is 1.00. The summed E-state index contributed by atoms with van der Waals surface area (Å²) in [7, 11) is -0.888. The number of hydrogen-bond acceptors (Lipinski definition) is 4. The first-order valence-electron chi connectivity index (χ1n) is 6.45. The molecule has 100 valence electrons. The van der Waals surface area contributed by atoms with Crippen LogP contribution in [0.1, 0.15) is 12.8 Å². The molecule has 0 aromatic heterocycles. The van der Waals surface area contributed by atoms with Crippen LogP contribution in [0.15, 0.2) is 0 Å². The molecule has 0 amide bonds. The van der Waals surface area contributed by atoms with Crippen molar-refractivity contribution in [2.75, 3.05) is 52.1 Å². The van der Waals surface area contributed by atoms with Crippen LogP contribution >= 0.6 is 0 Å². The lowest BCUT2D eigenvalue weighted by Gasteiger charge is -2.32. The molecule has 0 atom stereocenters. The first kappa shape index (κ1) is 13.3. The van der Waals surface area contributed by atoms with Gasteiger partial charge in [0.15, 0.2) is 0 Å². The van der Waals surface area contributed by atoms with Gasteiger partial charge in [-0.3, -0.25) is 0 Å². The molecule has 0 radical (unpaired) electrons. The molecule has 0 spiro atoms. The second-order valence-electron chi connectivity index (χ2n) is 5.17. The molecule has 2 heterocycles. The van der Waals surface area contributed by atoms with Crippen molar-refractivity contribution in [1.29, 1.82) is 0 Å². The molecule has 0 aromatic rings. The SMILES string of the molecule is CN1CCC(CN2CCNCCS2(=O)=O)CC1. The summed E-state index contributed by atoms with van der Waals surface area (Å²) in [6.45, 7) is 4.91. The van der Waals surface area contributed by atoms with Gasteiger partial charge in [-0.15, -0.1) is 0 Å². The maximum Gasteiger partial charge on any atom is 0.215 e. The van der Waals surface area contributed by atoms with E-state index in [-0.39, 0.29) is 5.75 Å². The third-order valence-corrected chi connectivity index (χ3v) is 5.61. The van der Waals surface area contributed by atoms with E-state index < -0.39 is 10.0 Å². The van der Waals surface area contributed by atoms with E-state index in [1.807, 2.05) is 0 Å². The van der Waals surface area contributed by atoms with Crippen molar-refractivity contribution < 1.29 is 8.42 Å². The zero-order valence-electron chi connectivity index (χ0n) is 10.6. The summed E-state index contributed by atoms with van der Waals surface area (Å²) < 4.78 is 25.7. The fourth-order valence-corrected chi connectivity index (χ4v) is 4.00. The van der Waals surface area contributed by atoms with Gasteiger partial charge in [0.1, 0.15) is 0 Å². The number of hydrogen-bond donors (Lipinski definition) is 1. The Morgan fingerprint density at radius 2 is 1.88 bits per heavy atom. The second kappa shape index (κ2) is 5.65. The van der Waals surface area contributed by atoms with Crippen LogP contribution in [0.4, 0.5) is 0 Å². The molecule has 0 aliphatic carbocycles. The number of nitrogens with one attached hydrogen (secondary N) is 1. The molecule has 17 heavy (non-hydrogen) atoms. The minimum Gasteiger partial charge on any atom is -0.314 e. The Bertz CT molecular complexity index is 337. The summed E-state index contributed by atoms with van der Waals surface area (Å²) in [5, 5.41) is 3.15. The Morgan fingerprint density at radius 3 is 2.59 bits per heavy atom. The molecule has 2 rings (SSSR count). The van der Waals surface area contributed by atoms with E-state index in [4.69, 9.17) is 0 Å². The lowest BCUT2D eigenvalue weighted by molar-refractivity contribution is 0.197. The van der Waals surface area contributed by atoms with E-state index >= 15 is 0 Å². The Kier molecular flexibility index (Phi) is 4.41. The summed E-state index contributed by atoms with van der Waals surface area (Å²) in [5.41, 5.74) is 0. The zero-order chi connectivity index (χ0) is 12.3. The van der Waals surface area contributed by atoms with E-state index in [2.05, 4.69) is 17.3 Å². The summed E-state index contributed by atoms with van der Waals surface area (Å²) in [6.07, 6.45) is 2.24. The summed E-state index contributed by atoms with van der Waals surface area (Å²) in [5.74, 6) is 0.790. The van der Waals surface area contributed by atoms with E-state index in [1.165, 1.54) is 0 Å². The van der Waals surface area contributed by atoms with Crippen LogP contribution in [0.3, 0.4) is 0 Å². The van der Waals surface area contributed by atoms with Crippen molar-refractivity contribution in [3.05, 3.63) is 0 Å². The summed E-state index contributed by atoms with van der Waals surface area (Å²) >= 11 is 0. The maximum absolute atomic E-state index is 12.0. The van der Waals surface area contributed by atoms with Crippen LogP contribution in [0.2, 0.25) is 0 Å². The first-order valence-corrected chi connectivity index (χ1v) is 8.06. The summed E-state index contributed by atoms with van der Waals surface area (Å²) in [6, 6.07) is 0. The van der Waals surface area contributed by atoms with E-state index in [9.17, 15) is 8.42 Å². The van der Waals surface area contributed by atoms with Gasteiger partial charge in [0.05, 0.1) is 5.75 Å². The molecule has 2 aliphatic rings. The van der Waals surface area contributed by atoms with Gasteiger partial charge in [0.2, 0.25) is 10.0 Å². The highest BCUT2D eigenvalue weighted by Crippen LogP contribution is 2.19. The number of sulfonamides is 1. The molecular formula is C11H23N3O2S. The van der Waals surface area contributed by atoms with Crippen LogP contribution in [-0.2, 0) is 10.0 Å². The van der Waals surface area contributed by atoms with Gasteiger partial charge in [-0.05, 0) is 38.9 Å². The summed E-state index contributed by atoms with van der Waals surface area (Å²) in [4.78, 5) is 2.31. The topological polar surface area (TPSA) is 52.6 Å². The van der Waals surface area contributed by atoms with Crippen molar-refractivity contribution >= 4 is 10.0 Å². The van der Waals surface area contributed by atoms with Gasteiger partial charge in [-0.2, -0.15) is 0 Å². The van der Waals surface area contributed by atoms with Gasteiger partial charge in [0, 0.05) is 26.2 Å². The zero-order valence-corrected chi connectivity index (χ0v) is 11.4. The smallest absolute Gasteiger partial charge is 0.215 e. The average molecular weight is 261 g/mol. The van der Waals surface area contributed by atoms with Crippen LogP contribution in [-0.4, -0.2) is 69.7 Å². The minimum absolute atomic E-state index is 0.250. The Labute approximate surface area is 104 Å². The van der Waals surface area contributed by atoms with Crippen LogP contribution in [0.25, 0.3) is 0 Å². The van der Waals surface area contributed by atoms with Crippen molar-refractivity contribution in [2.24, 2.45) is 5.92 Å². The predicted octanol–water partition coefficient (Wildman–Crippen LogP) is -0.437. The van der Waals surface area contributed by atoms with Crippen LogP contribution in [0.5, 0.6) is 0 Å². The number of likely N-dealkylation sites (tertiary alicyclic amines) is 1. The molecule has 0 unspecified atom stereocenters. The highest BCUT2D eigenvalue weighted by atomic mass is 32.2. The van der Waals surface area contributed by atoms with Crippen LogP contribution < -0.4 is 5.32 Å². The van der Waals surface area contributed by atoms with Gasteiger partial charge in [-0.25, -0.2) is 12.7 Å². The van der Waals surface area contributed by atoms with E-state index in [1.54, 1.807) is 4.31 Å². The van der Waals surface area contributed by atoms with E-state index in [0.717, 1.165) is 39.0 Å². The highest BCUT2D eigenvalue weighted by molar-refractivity contribution is 7.89. The average Bonchev–Trinajstić information content (AvgIpc) is 2.44. The standard InChI is InChI=1S/C11H23N3O2S/c1-13-6-2-11(3-7-13)10-14-8-4-12-5-9-17(14,15)16/h11-12H,2-10H2,1H3. The molecular weight excluding hydrogens is 238 g/mol. The van der Waals surface area contributed by atoms with Crippen LogP contribution in [0, 0.1) is 5.92 Å². The lowest BCUT2D eigenvalue weighted by Crippen LogP contribution is -2.41. The van der Waals surface area contributed by atoms with Gasteiger partial charge < -0.3 is 10.2 Å². The number of rotatable bonds is 2. The largest absolute Gasteiger partial charge is 0.314 e. The third-order valence-electron chi connectivity index (χ3n) is 3.77. The maximum atomic E-state index is 12.0. The highest BCUT2D eigenvalue weighted by Gasteiger charge is 2.27.